The number of nitrogens with two attached hydrogens (primary N) is 1. The van der Waals surface area contributed by atoms with Crippen LogP contribution in [0.25, 0.3) is 0 Å². The Morgan fingerprint density at radius 3 is 2.44 bits per heavy atom. The molecule has 0 bridgehead atoms. The van der Waals surface area contributed by atoms with Crippen LogP contribution in [-0.4, -0.2) is 16.5 Å². The van der Waals surface area contributed by atoms with Gasteiger partial charge in [0.1, 0.15) is 10.5 Å². The molecule has 0 aliphatic carbocycles. The molecule has 90 valence electrons. The number of hydrogen-bond acceptors (Lipinski definition) is 3. The number of hydrogen-bond donors (Lipinski definition) is 2. The van der Waals surface area contributed by atoms with Crippen molar-refractivity contribution in [3.05, 3.63) is 16.6 Å². The van der Waals surface area contributed by atoms with Gasteiger partial charge in [-0.25, -0.2) is 9.98 Å². The Morgan fingerprint density at radius 2 is 2.00 bits per heavy atom. The van der Waals surface area contributed by atoms with Gasteiger partial charge < -0.3 is 11.1 Å². The molecule has 1 heterocycles. The van der Waals surface area contributed by atoms with E-state index in [-0.39, 0.29) is 11.1 Å². The summed E-state index contributed by atoms with van der Waals surface area (Å²) < 4.78 is 0. The maximum absolute atomic E-state index is 5.87. The second kappa shape index (κ2) is 4.41. The lowest BCUT2D eigenvalue weighted by Gasteiger charge is -2.24. The molecule has 0 aliphatic rings. The first-order valence-corrected chi connectivity index (χ1v) is 6.12. The van der Waals surface area contributed by atoms with E-state index in [9.17, 15) is 0 Å². The normalized spacial score (nSPS) is 13.9. The van der Waals surface area contributed by atoms with Crippen molar-refractivity contribution in [1.29, 1.82) is 0 Å². The molecule has 5 heteroatoms. The van der Waals surface area contributed by atoms with Gasteiger partial charge in [-0.3, -0.25) is 0 Å². The fraction of sp³-hybridized carbons (Fsp3) is 0.636. The highest BCUT2D eigenvalue weighted by Crippen LogP contribution is 2.26. The number of rotatable bonds is 2. The largest absolute Gasteiger partial charge is 0.370 e. The van der Waals surface area contributed by atoms with E-state index >= 15 is 0 Å². The Balaban J connectivity index is 2.82. The van der Waals surface area contributed by atoms with Gasteiger partial charge in [-0.05, 0) is 34.6 Å². The summed E-state index contributed by atoms with van der Waals surface area (Å²) in [5, 5.41) is 6.05. The van der Waals surface area contributed by atoms with Crippen molar-refractivity contribution in [2.45, 2.75) is 45.7 Å². The van der Waals surface area contributed by atoms with E-state index in [1.807, 2.05) is 40.0 Å². The molecule has 0 unspecified atom stereocenters. The topological polar surface area (TPSA) is 63.3 Å². The first-order chi connectivity index (χ1) is 7.21. The second-order valence-electron chi connectivity index (χ2n) is 5.27. The van der Waals surface area contributed by atoms with Gasteiger partial charge in [0.05, 0.1) is 0 Å². The summed E-state index contributed by atoms with van der Waals surface area (Å²) in [5.74, 6) is 0.452. The number of nitrogens with zero attached hydrogens (tertiary/aromatic N) is 2. The summed E-state index contributed by atoms with van der Waals surface area (Å²) in [5.41, 5.74) is 5.41. The van der Waals surface area contributed by atoms with Gasteiger partial charge in [-0.15, -0.1) is 11.3 Å². The zero-order chi connectivity index (χ0) is 12.4. The van der Waals surface area contributed by atoms with E-state index < -0.39 is 0 Å². The van der Waals surface area contributed by atoms with E-state index in [1.54, 1.807) is 17.5 Å². The zero-order valence-electron chi connectivity index (χ0n) is 10.5. The van der Waals surface area contributed by atoms with Crippen LogP contribution in [0.5, 0.6) is 0 Å². The maximum Gasteiger partial charge on any atom is 0.189 e. The van der Waals surface area contributed by atoms with Gasteiger partial charge in [-0.2, -0.15) is 0 Å². The summed E-state index contributed by atoms with van der Waals surface area (Å²) in [6.07, 6.45) is 1.78. The van der Waals surface area contributed by atoms with Gasteiger partial charge in [0, 0.05) is 17.1 Å². The smallest absolute Gasteiger partial charge is 0.189 e. The molecule has 1 aromatic rings. The molecular weight excluding hydrogens is 220 g/mol. The minimum absolute atomic E-state index is 0.0768. The number of thiazole rings is 1. The fourth-order valence-corrected chi connectivity index (χ4v) is 1.99. The lowest BCUT2D eigenvalue weighted by Crippen LogP contribution is -2.46. The average molecular weight is 240 g/mol. The predicted molar refractivity (Wildman–Crippen MR) is 69.7 cm³/mol. The van der Waals surface area contributed by atoms with Crippen LogP contribution in [0, 0.1) is 0 Å². The molecular formula is C11H20N4S. The lowest BCUT2D eigenvalue weighted by molar-refractivity contribution is 0.493. The van der Waals surface area contributed by atoms with Crippen LogP contribution in [0.2, 0.25) is 0 Å². The van der Waals surface area contributed by atoms with Crippen LogP contribution in [0.15, 0.2) is 16.6 Å². The molecule has 1 rings (SSSR count). The Kier molecular flexibility index (Phi) is 3.57. The van der Waals surface area contributed by atoms with Crippen molar-refractivity contribution in [1.82, 2.24) is 10.3 Å². The van der Waals surface area contributed by atoms with Crippen LogP contribution in [0.4, 0.5) is 0 Å². The number of nitrogens with one attached hydrogen (secondary N) is 1. The van der Waals surface area contributed by atoms with Gasteiger partial charge in [0.25, 0.3) is 0 Å². The summed E-state index contributed by atoms with van der Waals surface area (Å²) in [6.45, 7) is 10.1. The highest BCUT2D eigenvalue weighted by molar-refractivity contribution is 7.09. The standard InChI is InChI=1S/C11H20N4S/c1-10(2,3)14-9(12)15-11(4,5)8-13-6-7-16-8/h6-7H,1-5H3,(H3,12,14,15). The van der Waals surface area contributed by atoms with Crippen molar-refractivity contribution < 1.29 is 0 Å². The SMILES string of the molecule is CC(C)(C)NC(N)=NC(C)(C)c1nccs1. The molecule has 3 N–H and O–H groups in total. The van der Waals surface area contributed by atoms with Crippen LogP contribution >= 0.6 is 11.3 Å². The third-order valence-corrected chi connectivity index (χ3v) is 2.94. The quantitative estimate of drug-likeness (QED) is 0.614. The second-order valence-corrected chi connectivity index (χ2v) is 6.16. The molecule has 0 spiro atoms. The first-order valence-electron chi connectivity index (χ1n) is 5.24. The molecule has 0 fully saturated rings. The van der Waals surface area contributed by atoms with Crippen LogP contribution < -0.4 is 11.1 Å². The molecule has 0 aromatic carbocycles. The molecule has 1 aromatic heterocycles. The maximum atomic E-state index is 5.87. The molecule has 0 saturated heterocycles. The minimum Gasteiger partial charge on any atom is -0.370 e. The third kappa shape index (κ3) is 3.81. The summed E-state index contributed by atoms with van der Waals surface area (Å²) in [6, 6.07) is 0. The fourth-order valence-electron chi connectivity index (χ4n) is 1.29. The van der Waals surface area contributed by atoms with Crippen molar-refractivity contribution in [3.63, 3.8) is 0 Å². The van der Waals surface area contributed by atoms with Crippen LogP contribution in [-0.2, 0) is 5.54 Å². The van der Waals surface area contributed by atoms with Crippen molar-refractivity contribution >= 4 is 17.3 Å². The highest BCUT2D eigenvalue weighted by Gasteiger charge is 2.23. The summed E-state index contributed by atoms with van der Waals surface area (Å²) in [4.78, 5) is 8.73. The highest BCUT2D eigenvalue weighted by atomic mass is 32.1. The monoisotopic (exact) mass is 240 g/mol. The molecule has 0 saturated carbocycles. The Morgan fingerprint density at radius 1 is 1.38 bits per heavy atom. The zero-order valence-corrected chi connectivity index (χ0v) is 11.4. The average Bonchev–Trinajstić information content (AvgIpc) is 2.49. The van der Waals surface area contributed by atoms with Crippen molar-refractivity contribution in [2.75, 3.05) is 0 Å². The molecule has 0 radical (unpaired) electrons. The van der Waals surface area contributed by atoms with Crippen molar-refractivity contribution in [3.8, 4) is 0 Å². The van der Waals surface area contributed by atoms with Gasteiger partial charge in [0.2, 0.25) is 0 Å². The number of aliphatic imine (C=N–C) groups is 1. The molecule has 0 aliphatic heterocycles. The lowest BCUT2D eigenvalue weighted by atomic mass is 10.1. The number of guanidine groups is 1. The summed E-state index contributed by atoms with van der Waals surface area (Å²) in [7, 11) is 0. The molecule has 16 heavy (non-hydrogen) atoms. The minimum atomic E-state index is -0.378. The molecule has 0 amide bonds. The Hall–Kier alpha value is -1.10. The van der Waals surface area contributed by atoms with Crippen molar-refractivity contribution in [2.24, 2.45) is 10.7 Å². The van der Waals surface area contributed by atoms with Gasteiger partial charge in [0.15, 0.2) is 5.96 Å². The first kappa shape index (κ1) is 13.0. The van der Waals surface area contributed by atoms with E-state index in [1.165, 1.54) is 0 Å². The van der Waals surface area contributed by atoms with E-state index in [0.29, 0.717) is 5.96 Å². The molecule has 4 nitrogen and oxygen atoms in total. The van der Waals surface area contributed by atoms with E-state index in [2.05, 4.69) is 15.3 Å². The number of aromatic nitrogens is 1. The van der Waals surface area contributed by atoms with Gasteiger partial charge >= 0.3 is 0 Å². The Bertz CT molecular complexity index is 360. The Labute approximate surface area is 101 Å². The van der Waals surface area contributed by atoms with Crippen LogP contribution in [0.3, 0.4) is 0 Å². The van der Waals surface area contributed by atoms with Gasteiger partial charge in [-0.1, -0.05) is 0 Å². The van der Waals surface area contributed by atoms with E-state index in [4.69, 9.17) is 5.73 Å². The summed E-state index contributed by atoms with van der Waals surface area (Å²) >= 11 is 1.59. The third-order valence-electron chi connectivity index (χ3n) is 1.86. The molecule has 0 atom stereocenters. The van der Waals surface area contributed by atoms with E-state index in [0.717, 1.165) is 5.01 Å². The van der Waals surface area contributed by atoms with Crippen LogP contribution in [0.1, 0.15) is 39.6 Å². The predicted octanol–water partition coefficient (Wildman–Crippen LogP) is 2.08.